The Morgan fingerprint density at radius 3 is 2.87 bits per heavy atom. The topological polar surface area (TPSA) is 89.2 Å². The van der Waals surface area contributed by atoms with Crippen LogP contribution in [0.2, 0.25) is 0 Å². The summed E-state index contributed by atoms with van der Waals surface area (Å²) < 4.78 is 16.1. The molecule has 0 fully saturated rings. The Labute approximate surface area is 143 Å². The van der Waals surface area contributed by atoms with Crippen LogP contribution in [0.4, 0.5) is 27.3 Å². The first kappa shape index (κ1) is 15.7. The summed E-state index contributed by atoms with van der Waals surface area (Å²) in [4.78, 5) is 23.3. The summed E-state index contributed by atoms with van der Waals surface area (Å²) >= 11 is 1.97. The largest absolute Gasteiger partial charge is 0.364 e. The van der Waals surface area contributed by atoms with Crippen molar-refractivity contribution < 1.29 is 9.31 Å². The highest BCUT2D eigenvalue weighted by molar-refractivity contribution is 14.1. The van der Waals surface area contributed by atoms with Crippen LogP contribution in [0.5, 0.6) is 0 Å². The van der Waals surface area contributed by atoms with Crippen LogP contribution in [-0.2, 0) is 6.54 Å². The molecular weight excluding hydrogens is 418 g/mol. The van der Waals surface area contributed by atoms with Gasteiger partial charge in [-0.2, -0.15) is 0 Å². The maximum atomic E-state index is 14.0. The number of pyridine rings is 1. The Kier molecular flexibility index (Phi) is 3.96. The predicted octanol–water partition coefficient (Wildman–Crippen LogP) is 2.98. The Hall–Kier alpha value is -2.17. The summed E-state index contributed by atoms with van der Waals surface area (Å²) in [5.41, 5.74) is -0.302. The number of hydrogen-bond acceptors (Lipinski definition) is 5. The average molecular weight is 430 g/mol. The first-order chi connectivity index (χ1) is 10.9. The highest BCUT2D eigenvalue weighted by Crippen LogP contribution is 2.37. The van der Waals surface area contributed by atoms with Crippen LogP contribution < -0.4 is 16.2 Å². The number of aromatic nitrogens is 1. The second-order valence-corrected chi connectivity index (χ2v) is 6.33. The van der Waals surface area contributed by atoms with E-state index in [-0.39, 0.29) is 34.0 Å². The third-order valence-electron chi connectivity index (χ3n) is 3.67. The number of hydrogen-bond donors (Lipinski definition) is 2. The van der Waals surface area contributed by atoms with E-state index in [0.29, 0.717) is 16.7 Å². The van der Waals surface area contributed by atoms with E-state index < -0.39 is 10.7 Å². The molecule has 7 nitrogen and oxygen atoms in total. The van der Waals surface area contributed by atoms with Crippen molar-refractivity contribution in [2.45, 2.75) is 13.5 Å². The molecule has 23 heavy (non-hydrogen) atoms. The monoisotopic (exact) mass is 430 g/mol. The number of rotatable bonds is 3. The van der Waals surface area contributed by atoms with Gasteiger partial charge in [0.25, 0.3) is 5.56 Å². The molecule has 0 saturated carbocycles. The molecule has 2 aromatic rings. The zero-order valence-corrected chi connectivity index (χ0v) is 14.2. The molecule has 0 aliphatic carbocycles. The normalized spacial score (nSPS) is 12.7. The fourth-order valence-corrected chi connectivity index (χ4v) is 3.02. The highest BCUT2D eigenvalue weighted by atomic mass is 127. The Bertz CT molecular complexity index is 881. The number of halogens is 2. The van der Waals surface area contributed by atoms with E-state index in [1.54, 1.807) is 6.07 Å². The lowest BCUT2D eigenvalue weighted by atomic mass is 10.2. The number of fused-ring (bicyclic) bond motifs is 1. The van der Waals surface area contributed by atoms with E-state index in [2.05, 4.69) is 10.6 Å². The minimum Gasteiger partial charge on any atom is -0.364 e. The van der Waals surface area contributed by atoms with Gasteiger partial charge in [0.2, 0.25) is 0 Å². The number of nitrogens with zero attached hydrogens (tertiary/aromatic N) is 2. The van der Waals surface area contributed by atoms with Gasteiger partial charge < -0.3 is 10.6 Å². The Morgan fingerprint density at radius 1 is 1.48 bits per heavy atom. The minimum atomic E-state index is -0.566. The maximum absolute atomic E-state index is 14.0. The van der Waals surface area contributed by atoms with Crippen molar-refractivity contribution in [1.82, 2.24) is 4.57 Å². The van der Waals surface area contributed by atoms with Crippen LogP contribution in [0.15, 0.2) is 23.0 Å². The molecule has 1 aromatic carbocycles. The summed E-state index contributed by atoms with van der Waals surface area (Å²) in [5.74, 6) is -0.391. The molecule has 0 amide bonds. The zero-order valence-electron chi connectivity index (χ0n) is 12.0. The molecule has 2 heterocycles. The number of nitrogens with one attached hydrogen (secondary N) is 2. The van der Waals surface area contributed by atoms with Crippen molar-refractivity contribution in [3.63, 3.8) is 0 Å². The third kappa shape index (κ3) is 2.64. The Morgan fingerprint density at radius 2 is 2.22 bits per heavy atom. The maximum Gasteiger partial charge on any atom is 0.333 e. The SMILES string of the molecule is Cc1c(Nc2ccc(I)cc2F)c([N+](=O)[O-])c2n(c1=O)CCN2. The van der Waals surface area contributed by atoms with Gasteiger partial charge in [0.15, 0.2) is 5.82 Å². The van der Waals surface area contributed by atoms with Gasteiger partial charge in [0, 0.05) is 22.2 Å². The summed E-state index contributed by atoms with van der Waals surface area (Å²) in [5, 5.41) is 17.1. The summed E-state index contributed by atoms with van der Waals surface area (Å²) in [6.07, 6.45) is 0. The first-order valence-electron chi connectivity index (χ1n) is 6.78. The molecule has 2 N–H and O–H groups in total. The standard InChI is InChI=1S/C14H12FIN4O3/c1-7-11(18-10-3-2-8(16)6-9(10)15)12(20(22)23)13-17-4-5-19(13)14(7)21/h2-3,6,17-18H,4-5H2,1H3. The molecule has 9 heteroatoms. The van der Waals surface area contributed by atoms with E-state index in [0.717, 1.165) is 0 Å². The van der Waals surface area contributed by atoms with Crippen molar-refractivity contribution in [2.24, 2.45) is 0 Å². The van der Waals surface area contributed by atoms with Gasteiger partial charge in [-0.1, -0.05) is 0 Å². The molecule has 1 aliphatic heterocycles. The van der Waals surface area contributed by atoms with Gasteiger partial charge in [-0.15, -0.1) is 0 Å². The van der Waals surface area contributed by atoms with Crippen LogP contribution in [0.25, 0.3) is 0 Å². The quantitative estimate of drug-likeness (QED) is 0.444. The highest BCUT2D eigenvalue weighted by Gasteiger charge is 2.31. The smallest absolute Gasteiger partial charge is 0.333 e. The van der Waals surface area contributed by atoms with Gasteiger partial charge in [0.1, 0.15) is 11.5 Å². The van der Waals surface area contributed by atoms with Gasteiger partial charge in [0.05, 0.1) is 10.6 Å². The van der Waals surface area contributed by atoms with Crippen molar-refractivity contribution in [1.29, 1.82) is 0 Å². The lowest BCUT2D eigenvalue weighted by Gasteiger charge is -2.14. The summed E-state index contributed by atoms with van der Waals surface area (Å²) in [6, 6.07) is 4.46. The molecule has 120 valence electrons. The number of benzene rings is 1. The minimum absolute atomic E-state index is 0.0146. The molecule has 1 aliphatic rings. The van der Waals surface area contributed by atoms with Gasteiger partial charge in [-0.3, -0.25) is 19.5 Å². The number of anilines is 3. The lowest BCUT2D eigenvalue weighted by molar-refractivity contribution is -0.383. The molecule has 0 atom stereocenters. The molecule has 0 saturated heterocycles. The molecule has 3 rings (SSSR count). The molecule has 0 radical (unpaired) electrons. The van der Waals surface area contributed by atoms with Gasteiger partial charge in [-0.25, -0.2) is 4.39 Å². The first-order valence-corrected chi connectivity index (χ1v) is 7.85. The lowest BCUT2D eigenvalue weighted by Crippen LogP contribution is -2.23. The third-order valence-corrected chi connectivity index (χ3v) is 4.34. The fourth-order valence-electron chi connectivity index (χ4n) is 2.57. The Balaban J connectivity index is 2.21. The van der Waals surface area contributed by atoms with Crippen LogP contribution in [0.3, 0.4) is 0 Å². The molecule has 0 unspecified atom stereocenters. The van der Waals surface area contributed by atoms with Crippen LogP contribution in [0, 0.1) is 26.4 Å². The summed E-state index contributed by atoms with van der Waals surface area (Å²) in [6.45, 7) is 2.30. The van der Waals surface area contributed by atoms with E-state index in [9.17, 15) is 19.3 Å². The molecule has 1 aromatic heterocycles. The van der Waals surface area contributed by atoms with E-state index in [4.69, 9.17) is 0 Å². The van der Waals surface area contributed by atoms with Crippen molar-refractivity contribution in [2.75, 3.05) is 17.2 Å². The second-order valence-electron chi connectivity index (χ2n) is 5.09. The van der Waals surface area contributed by atoms with Crippen molar-refractivity contribution in [3.8, 4) is 0 Å². The van der Waals surface area contributed by atoms with Crippen LogP contribution >= 0.6 is 22.6 Å². The zero-order chi connectivity index (χ0) is 16.7. The van der Waals surface area contributed by atoms with Gasteiger partial charge >= 0.3 is 5.69 Å². The number of nitro groups is 1. The van der Waals surface area contributed by atoms with Crippen LogP contribution in [-0.4, -0.2) is 16.0 Å². The predicted molar refractivity (Wildman–Crippen MR) is 93.0 cm³/mol. The molecule has 0 bridgehead atoms. The van der Waals surface area contributed by atoms with Crippen molar-refractivity contribution >= 4 is 45.5 Å². The summed E-state index contributed by atoms with van der Waals surface area (Å²) in [7, 11) is 0. The van der Waals surface area contributed by atoms with E-state index in [1.165, 1.54) is 23.6 Å². The van der Waals surface area contributed by atoms with Crippen LogP contribution in [0.1, 0.15) is 5.56 Å². The van der Waals surface area contributed by atoms with E-state index >= 15 is 0 Å². The fraction of sp³-hybridized carbons (Fsp3) is 0.214. The van der Waals surface area contributed by atoms with Gasteiger partial charge in [-0.05, 0) is 47.7 Å². The second kappa shape index (κ2) is 5.80. The average Bonchev–Trinajstić information content (AvgIpc) is 2.96. The molecule has 0 spiro atoms. The molecular formula is C14H12FIN4O3. The van der Waals surface area contributed by atoms with E-state index in [1.807, 2.05) is 22.6 Å². The van der Waals surface area contributed by atoms with Crippen molar-refractivity contribution in [3.05, 3.63) is 53.6 Å².